The zero-order chi connectivity index (χ0) is 27.4. The summed E-state index contributed by atoms with van der Waals surface area (Å²) in [7, 11) is 0. The fourth-order valence-corrected chi connectivity index (χ4v) is 4.93. The Kier molecular flexibility index (Phi) is 7.41. The van der Waals surface area contributed by atoms with Crippen molar-refractivity contribution >= 4 is 0 Å². The third-order valence-corrected chi connectivity index (χ3v) is 7.12. The molecular weight excluding hydrogens is 488 g/mol. The maximum Gasteiger partial charge on any atom is 0.122 e. The number of phenols is 5. The number of phenolic OH excluding ortho intramolecular Hbond substituents is 5. The first kappa shape index (κ1) is 25.7. The molecule has 0 amide bonds. The van der Waals surface area contributed by atoms with Crippen LogP contribution >= 0.6 is 0 Å². The fourth-order valence-electron chi connectivity index (χ4n) is 4.93. The summed E-state index contributed by atoms with van der Waals surface area (Å²) in [5.74, 6) is 0.759. The van der Waals surface area contributed by atoms with Crippen LogP contribution in [-0.2, 0) is 25.7 Å². The molecule has 0 bridgehead atoms. The zero-order valence-electron chi connectivity index (χ0n) is 21.4. The molecule has 5 N–H and O–H groups in total. The van der Waals surface area contributed by atoms with E-state index in [9.17, 15) is 25.5 Å². The van der Waals surface area contributed by atoms with Crippen molar-refractivity contribution in [2.75, 3.05) is 0 Å². The molecule has 5 heteroatoms. The molecule has 5 rings (SSSR count). The Morgan fingerprint density at radius 2 is 0.513 bits per heavy atom. The van der Waals surface area contributed by atoms with Crippen LogP contribution in [0.1, 0.15) is 44.5 Å². The average molecular weight is 519 g/mol. The van der Waals surface area contributed by atoms with Crippen molar-refractivity contribution in [1.29, 1.82) is 0 Å². The summed E-state index contributed by atoms with van der Waals surface area (Å²) in [6, 6.07) is 30.6. The SMILES string of the molecule is Oc1ccccc1Cc1cccc(Cc2cccc(Cc3cccc(Cc4ccccc4O)c3O)c2O)c1O. The lowest BCUT2D eigenvalue weighted by Crippen LogP contribution is -1.98. The lowest BCUT2D eigenvalue weighted by atomic mass is 9.93. The smallest absolute Gasteiger partial charge is 0.122 e. The van der Waals surface area contributed by atoms with Crippen molar-refractivity contribution in [3.05, 3.63) is 148 Å². The molecule has 0 aliphatic carbocycles. The fraction of sp³-hybridized carbons (Fsp3) is 0.118. The van der Waals surface area contributed by atoms with Gasteiger partial charge in [-0.2, -0.15) is 0 Å². The monoisotopic (exact) mass is 518 g/mol. The Labute approximate surface area is 227 Å². The van der Waals surface area contributed by atoms with Gasteiger partial charge in [0.25, 0.3) is 0 Å². The summed E-state index contributed by atoms with van der Waals surface area (Å²) in [5, 5.41) is 53.4. The largest absolute Gasteiger partial charge is 0.508 e. The standard InChI is InChI=1S/C34H30O5/c35-30-16-3-1-8-22(30)18-24-10-5-12-26(32(24)37)20-28-14-7-15-29(34(28)39)21-27-13-6-11-25(33(27)38)19-23-9-2-4-17-31(23)36/h1-17,35-39H,18-21H2. The van der Waals surface area contributed by atoms with E-state index in [4.69, 9.17) is 0 Å². The van der Waals surface area contributed by atoms with Crippen LogP contribution in [0, 0.1) is 0 Å². The minimum Gasteiger partial charge on any atom is -0.508 e. The van der Waals surface area contributed by atoms with Crippen LogP contribution in [0.4, 0.5) is 0 Å². The van der Waals surface area contributed by atoms with E-state index < -0.39 is 0 Å². The van der Waals surface area contributed by atoms with Crippen molar-refractivity contribution < 1.29 is 25.5 Å². The minimum atomic E-state index is 0.119. The molecule has 0 radical (unpaired) electrons. The summed E-state index contributed by atoms with van der Waals surface area (Å²) < 4.78 is 0. The highest BCUT2D eigenvalue weighted by molar-refractivity contribution is 5.52. The van der Waals surface area contributed by atoms with Crippen LogP contribution in [0.3, 0.4) is 0 Å². The van der Waals surface area contributed by atoms with Crippen molar-refractivity contribution in [2.45, 2.75) is 25.7 Å². The summed E-state index contributed by atoms with van der Waals surface area (Å²) in [4.78, 5) is 0. The lowest BCUT2D eigenvalue weighted by Gasteiger charge is -2.15. The first-order valence-electron chi connectivity index (χ1n) is 12.8. The first-order valence-corrected chi connectivity index (χ1v) is 12.8. The van der Waals surface area contributed by atoms with Gasteiger partial charge in [0.2, 0.25) is 0 Å². The van der Waals surface area contributed by atoms with E-state index in [1.165, 1.54) is 0 Å². The third-order valence-electron chi connectivity index (χ3n) is 7.12. The molecule has 0 saturated heterocycles. The summed E-state index contributed by atoms with van der Waals surface area (Å²) in [6.45, 7) is 0. The van der Waals surface area contributed by atoms with Gasteiger partial charge in [-0.25, -0.2) is 0 Å². The summed E-state index contributed by atoms with van der Waals surface area (Å²) in [5.41, 5.74) is 5.48. The number of hydrogen-bond acceptors (Lipinski definition) is 5. The van der Waals surface area contributed by atoms with Crippen molar-refractivity contribution in [2.24, 2.45) is 0 Å². The number of benzene rings is 5. The lowest BCUT2D eigenvalue weighted by molar-refractivity contribution is 0.453. The van der Waals surface area contributed by atoms with Gasteiger partial charge in [0, 0.05) is 25.7 Å². The Morgan fingerprint density at radius 1 is 0.282 bits per heavy atom. The summed E-state index contributed by atoms with van der Waals surface area (Å²) >= 11 is 0. The molecule has 0 aliphatic heterocycles. The van der Waals surface area contributed by atoms with Crippen LogP contribution in [0.2, 0.25) is 0 Å². The predicted molar refractivity (Wildman–Crippen MR) is 152 cm³/mol. The Hall–Kier alpha value is -4.90. The van der Waals surface area contributed by atoms with Crippen LogP contribution in [0.15, 0.2) is 103 Å². The molecule has 0 heterocycles. The maximum atomic E-state index is 11.1. The first-order chi connectivity index (χ1) is 18.9. The Bertz CT molecular complexity index is 1510. The predicted octanol–water partition coefficient (Wildman–Crippen LogP) is 6.58. The van der Waals surface area contributed by atoms with Gasteiger partial charge in [-0.1, -0.05) is 91.0 Å². The van der Waals surface area contributed by atoms with Crippen molar-refractivity contribution in [3.8, 4) is 28.7 Å². The normalized spacial score (nSPS) is 11.0. The van der Waals surface area contributed by atoms with Crippen LogP contribution < -0.4 is 0 Å². The number of para-hydroxylation sites is 5. The van der Waals surface area contributed by atoms with Gasteiger partial charge in [0.15, 0.2) is 0 Å². The molecule has 0 atom stereocenters. The van der Waals surface area contributed by atoms with Crippen molar-refractivity contribution in [1.82, 2.24) is 0 Å². The number of aromatic hydroxyl groups is 5. The molecule has 0 spiro atoms. The average Bonchev–Trinajstić information content (AvgIpc) is 2.93. The van der Waals surface area contributed by atoms with Gasteiger partial charge in [0.1, 0.15) is 28.7 Å². The molecule has 39 heavy (non-hydrogen) atoms. The molecular formula is C34H30O5. The van der Waals surface area contributed by atoms with E-state index in [1.807, 2.05) is 78.9 Å². The Morgan fingerprint density at radius 3 is 0.795 bits per heavy atom. The Balaban J connectivity index is 1.38. The molecule has 0 unspecified atom stereocenters. The highest BCUT2D eigenvalue weighted by atomic mass is 16.3. The molecule has 5 aromatic rings. The van der Waals surface area contributed by atoms with Gasteiger partial charge in [-0.15, -0.1) is 0 Å². The molecule has 0 aromatic heterocycles. The quantitative estimate of drug-likeness (QED) is 0.160. The van der Waals surface area contributed by atoms with Gasteiger partial charge >= 0.3 is 0 Å². The minimum absolute atomic E-state index is 0.119. The maximum absolute atomic E-state index is 11.1. The van der Waals surface area contributed by atoms with Gasteiger partial charge in [-0.3, -0.25) is 0 Å². The zero-order valence-corrected chi connectivity index (χ0v) is 21.4. The molecule has 5 aromatic carbocycles. The van der Waals surface area contributed by atoms with E-state index >= 15 is 0 Å². The van der Waals surface area contributed by atoms with E-state index in [-0.39, 0.29) is 28.7 Å². The molecule has 0 saturated carbocycles. The van der Waals surface area contributed by atoms with Gasteiger partial charge in [-0.05, 0) is 56.6 Å². The van der Waals surface area contributed by atoms with Gasteiger partial charge < -0.3 is 25.5 Å². The molecule has 196 valence electrons. The second-order valence-electron chi connectivity index (χ2n) is 9.74. The second-order valence-corrected chi connectivity index (χ2v) is 9.74. The van der Waals surface area contributed by atoms with E-state index in [0.29, 0.717) is 59.1 Å². The topological polar surface area (TPSA) is 101 Å². The van der Waals surface area contributed by atoms with Crippen LogP contribution in [-0.4, -0.2) is 25.5 Å². The van der Waals surface area contributed by atoms with Crippen LogP contribution in [0.5, 0.6) is 28.7 Å². The summed E-state index contributed by atoms with van der Waals surface area (Å²) in [6.07, 6.45) is 1.41. The van der Waals surface area contributed by atoms with E-state index in [0.717, 1.165) is 11.1 Å². The van der Waals surface area contributed by atoms with Crippen LogP contribution in [0.25, 0.3) is 0 Å². The highest BCUT2D eigenvalue weighted by Gasteiger charge is 2.16. The van der Waals surface area contributed by atoms with Crippen molar-refractivity contribution in [3.63, 3.8) is 0 Å². The van der Waals surface area contributed by atoms with Gasteiger partial charge in [0.05, 0.1) is 0 Å². The highest BCUT2D eigenvalue weighted by Crippen LogP contribution is 2.35. The van der Waals surface area contributed by atoms with E-state index in [1.54, 1.807) is 24.3 Å². The second kappa shape index (κ2) is 11.2. The molecule has 0 aliphatic rings. The molecule has 5 nitrogen and oxygen atoms in total. The number of rotatable bonds is 8. The number of hydrogen-bond donors (Lipinski definition) is 5. The third kappa shape index (κ3) is 5.68. The molecule has 0 fully saturated rings. The van der Waals surface area contributed by atoms with E-state index in [2.05, 4.69) is 0 Å².